The molecule has 24 heavy (non-hydrogen) atoms. The lowest BCUT2D eigenvalue weighted by Gasteiger charge is -2.21. The van der Waals surface area contributed by atoms with E-state index < -0.39 is 0 Å². The Morgan fingerprint density at radius 1 is 1.25 bits per heavy atom. The predicted molar refractivity (Wildman–Crippen MR) is 93.0 cm³/mol. The van der Waals surface area contributed by atoms with E-state index in [-0.39, 0.29) is 23.7 Å². The lowest BCUT2D eigenvalue weighted by Crippen LogP contribution is -2.46. The first-order valence-corrected chi connectivity index (χ1v) is 7.85. The van der Waals surface area contributed by atoms with Crippen molar-refractivity contribution in [2.75, 3.05) is 13.7 Å². The van der Waals surface area contributed by atoms with Crippen LogP contribution >= 0.6 is 0 Å². The van der Waals surface area contributed by atoms with E-state index in [0.29, 0.717) is 24.2 Å². The maximum absolute atomic E-state index is 12.5. The summed E-state index contributed by atoms with van der Waals surface area (Å²) in [7, 11) is 1.57. The molecule has 1 heterocycles. The van der Waals surface area contributed by atoms with Gasteiger partial charge in [0.1, 0.15) is 0 Å². The van der Waals surface area contributed by atoms with Crippen LogP contribution < -0.4 is 16.2 Å². The Balaban J connectivity index is 2.29. The monoisotopic (exact) mass is 332 g/mol. The number of urea groups is 1. The summed E-state index contributed by atoms with van der Waals surface area (Å²) in [6.07, 6.45) is 0. The first-order valence-electron chi connectivity index (χ1n) is 7.85. The number of aromatic nitrogens is 2. The van der Waals surface area contributed by atoms with Crippen molar-refractivity contribution in [3.63, 3.8) is 0 Å². The third kappa shape index (κ3) is 4.55. The lowest BCUT2D eigenvalue weighted by molar-refractivity contribution is 0.181. The van der Waals surface area contributed by atoms with Gasteiger partial charge in [0.15, 0.2) is 0 Å². The number of hydrogen-bond acceptors (Lipinski definition) is 4. The Morgan fingerprint density at radius 2 is 1.92 bits per heavy atom. The zero-order valence-electron chi connectivity index (χ0n) is 14.5. The Hall–Kier alpha value is -2.41. The molecular formula is C17H24N4O3. The van der Waals surface area contributed by atoms with Crippen LogP contribution in [0, 0.1) is 0 Å². The molecule has 0 aliphatic heterocycles. The summed E-state index contributed by atoms with van der Waals surface area (Å²) in [5.74, 6) is 0. The van der Waals surface area contributed by atoms with Crippen LogP contribution in [0.25, 0.3) is 10.8 Å². The van der Waals surface area contributed by atoms with Gasteiger partial charge in [0.25, 0.3) is 5.56 Å². The summed E-state index contributed by atoms with van der Waals surface area (Å²) < 4.78 is 6.41. The highest BCUT2D eigenvalue weighted by atomic mass is 16.5. The normalized spacial score (nSPS) is 11.5. The SMILES string of the molecule is COCCn1nc(CNC(=O)NC(C)(C)C)c2ccccc2c1=O. The fourth-order valence-corrected chi connectivity index (χ4v) is 2.31. The topological polar surface area (TPSA) is 85.2 Å². The molecule has 0 saturated carbocycles. The van der Waals surface area contributed by atoms with Crippen molar-refractivity contribution in [2.45, 2.75) is 39.4 Å². The standard InChI is InChI=1S/C17H24N4O3/c1-17(2,3)19-16(23)18-11-14-12-7-5-6-8-13(12)15(22)21(20-14)9-10-24-4/h5-8H,9-11H2,1-4H3,(H2,18,19,23). The maximum Gasteiger partial charge on any atom is 0.315 e. The van der Waals surface area contributed by atoms with Crippen LogP contribution in [0.2, 0.25) is 0 Å². The second-order valence-electron chi connectivity index (χ2n) is 6.57. The zero-order valence-corrected chi connectivity index (χ0v) is 14.5. The summed E-state index contributed by atoms with van der Waals surface area (Å²) >= 11 is 0. The van der Waals surface area contributed by atoms with Crippen molar-refractivity contribution in [3.05, 3.63) is 40.3 Å². The fraction of sp³-hybridized carbons (Fsp3) is 0.471. The predicted octanol–water partition coefficient (Wildman–Crippen LogP) is 1.64. The minimum atomic E-state index is -0.323. The molecule has 1 aromatic heterocycles. The number of ether oxygens (including phenoxy) is 1. The number of fused-ring (bicyclic) bond motifs is 1. The Kier molecular flexibility index (Phi) is 5.56. The van der Waals surface area contributed by atoms with Gasteiger partial charge >= 0.3 is 6.03 Å². The van der Waals surface area contributed by atoms with Crippen molar-refractivity contribution in [2.24, 2.45) is 0 Å². The van der Waals surface area contributed by atoms with E-state index in [4.69, 9.17) is 4.74 Å². The van der Waals surface area contributed by atoms with Gasteiger partial charge in [-0.3, -0.25) is 4.79 Å². The molecular weight excluding hydrogens is 308 g/mol. The first-order chi connectivity index (χ1) is 11.3. The molecule has 0 aliphatic carbocycles. The highest BCUT2D eigenvalue weighted by molar-refractivity contribution is 5.84. The average Bonchev–Trinajstić information content (AvgIpc) is 2.52. The van der Waals surface area contributed by atoms with Crippen molar-refractivity contribution in [1.82, 2.24) is 20.4 Å². The minimum absolute atomic E-state index is 0.162. The number of carbonyl (C=O) groups excluding carboxylic acids is 1. The molecule has 0 spiro atoms. The Bertz CT molecular complexity index is 777. The van der Waals surface area contributed by atoms with Crippen molar-refractivity contribution < 1.29 is 9.53 Å². The van der Waals surface area contributed by atoms with Crippen LogP contribution in [0.1, 0.15) is 26.5 Å². The second-order valence-corrected chi connectivity index (χ2v) is 6.57. The summed E-state index contributed by atoms with van der Waals surface area (Å²) in [5, 5.41) is 11.3. The van der Waals surface area contributed by atoms with Gasteiger partial charge in [-0.15, -0.1) is 0 Å². The van der Waals surface area contributed by atoms with Crippen LogP contribution in [0.15, 0.2) is 29.1 Å². The Labute approximate surface area is 141 Å². The molecule has 2 aromatic rings. The van der Waals surface area contributed by atoms with Gasteiger partial charge < -0.3 is 15.4 Å². The fourth-order valence-electron chi connectivity index (χ4n) is 2.31. The van der Waals surface area contributed by atoms with Crippen molar-refractivity contribution in [3.8, 4) is 0 Å². The quantitative estimate of drug-likeness (QED) is 0.872. The zero-order chi connectivity index (χ0) is 17.7. The smallest absolute Gasteiger partial charge is 0.315 e. The highest BCUT2D eigenvalue weighted by Gasteiger charge is 2.15. The van der Waals surface area contributed by atoms with Crippen LogP contribution in [0.4, 0.5) is 4.79 Å². The first kappa shape index (κ1) is 17.9. The Morgan fingerprint density at radius 3 is 2.54 bits per heavy atom. The van der Waals surface area contributed by atoms with E-state index in [1.54, 1.807) is 13.2 Å². The molecule has 130 valence electrons. The van der Waals surface area contributed by atoms with E-state index >= 15 is 0 Å². The molecule has 7 nitrogen and oxygen atoms in total. The molecule has 0 atom stereocenters. The molecule has 2 rings (SSSR count). The number of nitrogens with zero attached hydrogens (tertiary/aromatic N) is 2. The van der Waals surface area contributed by atoms with Crippen LogP contribution in [0.3, 0.4) is 0 Å². The average molecular weight is 332 g/mol. The number of benzene rings is 1. The minimum Gasteiger partial charge on any atom is -0.383 e. The van der Waals surface area contributed by atoms with E-state index in [0.717, 1.165) is 5.39 Å². The maximum atomic E-state index is 12.5. The molecule has 2 N–H and O–H groups in total. The van der Waals surface area contributed by atoms with Crippen LogP contribution in [-0.4, -0.2) is 35.1 Å². The van der Waals surface area contributed by atoms with Gasteiger partial charge in [-0.2, -0.15) is 5.10 Å². The number of hydrogen-bond donors (Lipinski definition) is 2. The summed E-state index contributed by atoms with van der Waals surface area (Å²) in [5.41, 5.74) is 0.160. The third-order valence-corrected chi connectivity index (χ3v) is 3.36. The molecule has 0 aliphatic rings. The summed E-state index contributed by atoms with van der Waals surface area (Å²) in [6.45, 7) is 6.71. The molecule has 0 saturated heterocycles. The molecule has 0 fully saturated rings. The van der Waals surface area contributed by atoms with Crippen LogP contribution in [-0.2, 0) is 17.8 Å². The molecule has 7 heteroatoms. The number of carbonyl (C=O) groups is 1. The molecule has 1 aromatic carbocycles. The summed E-state index contributed by atoms with van der Waals surface area (Å²) in [6, 6.07) is 6.99. The molecule has 2 amide bonds. The van der Waals surface area contributed by atoms with Gasteiger partial charge in [-0.25, -0.2) is 9.48 Å². The van der Waals surface area contributed by atoms with Gasteiger partial charge in [0.2, 0.25) is 0 Å². The highest BCUT2D eigenvalue weighted by Crippen LogP contribution is 2.13. The summed E-state index contributed by atoms with van der Waals surface area (Å²) in [4.78, 5) is 24.4. The van der Waals surface area contributed by atoms with E-state index in [2.05, 4.69) is 15.7 Å². The van der Waals surface area contributed by atoms with E-state index in [9.17, 15) is 9.59 Å². The van der Waals surface area contributed by atoms with Gasteiger partial charge in [0.05, 0.1) is 30.8 Å². The van der Waals surface area contributed by atoms with E-state index in [1.807, 2.05) is 39.0 Å². The van der Waals surface area contributed by atoms with Gasteiger partial charge in [-0.1, -0.05) is 18.2 Å². The number of rotatable bonds is 5. The van der Waals surface area contributed by atoms with Crippen molar-refractivity contribution >= 4 is 16.8 Å². The number of amides is 2. The molecule has 0 unspecified atom stereocenters. The molecule has 0 bridgehead atoms. The van der Waals surface area contributed by atoms with E-state index in [1.165, 1.54) is 4.68 Å². The van der Waals surface area contributed by atoms with Crippen molar-refractivity contribution in [1.29, 1.82) is 0 Å². The lowest BCUT2D eigenvalue weighted by atomic mass is 10.1. The third-order valence-electron chi connectivity index (χ3n) is 3.36. The number of nitrogens with one attached hydrogen (secondary N) is 2. The largest absolute Gasteiger partial charge is 0.383 e. The molecule has 0 radical (unpaired) electrons. The van der Waals surface area contributed by atoms with Gasteiger partial charge in [-0.05, 0) is 26.8 Å². The number of methoxy groups -OCH3 is 1. The second kappa shape index (κ2) is 7.44. The van der Waals surface area contributed by atoms with Gasteiger partial charge in [0, 0.05) is 18.0 Å². The van der Waals surface area contributed by atoms with Crippen LogP contribution in [0.5, 0.6) is 0 Å².